The van der Waals surface area contributed by atoms with Gasteiger partial charge in [0.15, 0.2) is 5.60 Å². The number of hydrogen-bond donors (Lipinski definition) is 2. The molecule has 1 aromatic heterocycles. The largest absolute Gasteiger partial charge is 0.491 e. The molecule has 2 heterocycles. The van der Waals surface area contributed by atoms with Gasteiger partial charge in [-0.25, -0.2) is 9.78 Å². The quantitative estimate of drug-likeness (QED) is 0.423. The average molecular weight is 483 g/mol. The van der Waals surface area contributed by atoms with E-state index in [9.17, 15) is 15.0 Å². The standard InChI is InChI=1S/C25H26N2O6S/c28-19(16-31-20-5-7-22(8-6-20)34-23-15-26-10-11-27-23)17-32-21-4-1-3-18(13-21)14-25(24(29)30)9-2-12-33-25/h1,3-8,10-11,13,15,19,28H,2,9,12,14,16-17H2,(H,29,30). The number of carboxylic acid groups (broad SMARTS) is 1. The molecule has 2 aromatic carbocycles. The minimum Gasteiger partial charge on any atom is -0.491 e. The minimum absolute atomic E-state index is 0.0463. The molecule has 2 atom stereocenters. The third-order valence-electron chi connectivity index (χ3n) is 5.35. The zero-order valence-electron chi connectivity index (χ0n) is 18.5. The van der Waals surface area contributed by atoms with Crippen molar-refractivity contribution in [3.05, 3.63) is 72.7 Å². The number of carbonyl (C=O) groups is 1. The van der Waals surface area contributed by atoms with Gasteiger partial charge in [-0.05, 0) is 54.8 Å². The highest BCUT2D eigenvalue weighted by atomic mass is 32.2. The summed E-state index contributed by atoms with van der Waals surface area (Å²) in [6.45, 7) is 0.578. The third-order valence-corrected chi connectivity index (χ3v) is 6.28. The lowest BCUT2D eigenvalue weighted by atomic mass is 9.91. The second-order valence-electron chi connectivity index (χ2n) is 7.97. The van der Waals surface area contributed by atoms with Gasteiger partial charge in [-0.15, -0.1) is 0 Å². The molecule has 3 aromatic rings. The van der Waals surface area contributed by atoms with E-state index >= 15 is 0 Å². The molecule has 1 saturated heterocycles. The first kappa shape index (κ1) is 24.0. The normalized spacial score (nSPS) is 18.4. The average Bonchev–Trinajstić information content (AvgIpc) is 3.33. The summed E-state index contributed by atoms with van der Waals surface area (Å²) in [5, 5.41) is 20.7. The van der Waals surface area contributed by atoms with Crippen LogP contribution >= 0.6 is 11.8 Å². The first-order valence-electron chi connectivity index (χ1n) is 11.0. The topological polar surface area (TPSA) is 111 Å². The van der Waals surface area contributed by atoms with E-state index in [1.165, 1.54) is 11.8 Å². The number of hydrogen-bond acceptors (Lipinski definition) is 8. The summed E-state index contributed by atoms with van der Waals surface area (Å²) >= 11 is 1.50. The maximum absolute atomic E-state index is 11.7. The fourth-order valence-corrected chi connectivity index (χ4v) is 4.39. The van der Waals surface area contributed by atoms with Crippen LogP contribution in [0.3, 0.4) is 0 Å². The van der Waals surface area contributed by atoms with Gasteiger partial charge < -0.3 is 24.4 Å². The van der Waals surface area contributed by atoms with Crippen LogP contribution in [-0.2, 0) is 16.0 Å². The molecule has 34 heavy (non-hydrogen) atoms. The maximum Gasteiger partial charge on any atom is 0.336 e. The Morgan fingerprint density at radius 2 is 1.91 bits per heavy atom. The molecule has 0 aliphatic carbocycles. The van der Waals surface area contributed by atoms with Crippen molar-refractivity contribution < 1.29 is 29.2 Å². The Morgan fingerprint density at radius 3 is 2.59 bits per heavy atom. The van der Waals surface area contributed by atoms with Gasteiger partial charge in [0.2, 0.25) is 0 Å². The van der Waals surface area contributed by atoms with E-state index in [2.05, 4.69) is 9.97 Å². The van der Waals surface area contributed by atoms with Crippen LogP contribution in [-0.4, -0.2) is 57.7 Å². The molecule has 2 N–H and O–H groups in total. The number of rotatable bonds is 11. The molecule has 178 valence electrons. The number of aromatic nitrogens is 2. The number of benzene rings is 2. The number of nitrogens with zero attached hydrogens (tertiary/aromatic N) is 2. The number of ether oxygens (including phenoxy) is 3. The highest BCUT2D eigenvalue weighted by molar-refractivity contribution is 7.99. The Bertz CT molecular complexity index is 1070. The monoisotopic (exact) mass is 482 g/mol. The van der Waals surface area contributed by atoms with Crippen molar-refractivity contribution in [2.24, 2.45) is 0 Å². The van der Waals surface area contributed by atoms with E-state index in [1.54, 1.807) is 36.8 Å². The molecule has 8 nitrogen and oxygen atoms in total. The van der Waals surface area contributed by atoms with Crippen LogP contribution < -0.4 is 9.47 Å². The molecule has 1 aliphatic heterocycles. The lowest BCUT2D eigenvalue weighted by Crippen LogP contribution is -2.40. The van der Waals surface area contributed by atoms with Gasteiger partial charge in [0.1, 0.15) is 35.8 Å². The molecular formula is C25H26N2O6S. The van der Waals surface area contributed by atoms with Crippen molar-refractivity contribution in [1.82, 2.24) is 9.97 Å². The van der Waals surface area contributed by atoms with Gasteiger partial charge in [-0.3, -0.25) is 4.98 Å². The highest BCUT2D eigenvalue weighted by Gasteiger charge is 2.42. The summed E-state index contributed by atoms with van der Waals surface area (Å²) in [7, 11) is 0. The molecule has 0 bridgehead atoms. The van der Waals surface area contributed by atoms with E-state index in [0.29, 0.717) is 24.5 Å². The zero-order valence-corrected chi connectivity index (χ0v) is 19.3. The van der Waals surface area contributed by atoms with Crippen LogP contribution in [0.1, 0.15) is 18.4 Å². The third kappa shape index (κ3) is 6.47. The predicted molar refractivity (Wildman–Crippen MR) is 125 cm³/mol. The summed E-state index contributed by atoms with van der Waals surface area (Å²) in [5.41, 5.74) is -0.360. The van der Waals surface area contributed by atoms with E-state index in [-0.39, 0.29) is 19.6 Å². The van der Waals surface area contributed by atoms with Crippen molar-refractivity contribution in [3.63, 3.8) is 0 Å². The van der Waals surface area contributed by atoms with Crippen molar-refractivity contribution in [2.75, 3.05) is 19.8 Å². The number of aliphatic hydroxyl groups excluding tert-OH is 1. The lowest BCUT2D eigenvalue weighted by Gasteiger charge is -2.23. The van der Waals surface area contributed by atoms with E-state index in [0.717, 1.165) is 21.9 Å². The Balaban J connectivity index is 1.24. The van der Waals surface area contributed by atoms with Crippen LogP contribution in [0, 0.1) is 0 Å². The SMILES string of the molecule is O=C(O)C1(Cc2cccc(OCC(O)COc3ccc(Sc4cnccn4)cc3)c2)CCCO1. The first-order chi connectivity index (χ1) is 16.5. The molecule has 4 rings (SSSR count). The minimum atomic E-state index is -1.17. The smallest absolute Gasteiger partial charge is 0.336 e. The van der Waals surface area contributed by atoms with E-state index in [1.807, 2.05) is 30.3 Å². The zero-order chi connectivity index (χ0) is 23.8. The Labute approximate surface area is 201 Å². The number of aliphatic hydroxyl groups is 1. The van der Waals surface area contributed by atoms with E-state index < -0.39 is 17.7 Å². The van der Waals surface area contributed by atoms with Crippen molar-refractivity contribution in [1.29, 1.82) is 0 Å². The number of carboxylic acids is 1. The Hall–Kier alpha value is -3.14. The Morgan fingerprint density at radius 1 is 1.12 bits per heavy atom. The van der Waals surface area contributed by atoms with E-state index in [4.69, 9.17) is 14.2 Å². The Kier molecular flexibility index (Phi) is 7.99. The summed E-state index contributed by atoms with van der Waals surface area (Å²) in [6, 6.07) is 14.7. The van der Waals surface area contributed by atoms with Gasteiger partial charge >= 0.3 is 5.97 Å². The van der Waals surface area contributed by atoms with Gasteiger partial charge in [-0.2, -0.15) is 0 Å². The summed E-state index contributed by atoms with van der Waals surface area (Å²) in [4.78, 5) is 21.0. The van der Waals surface area contributed by atoms with Crippen LogP contribution in [0.25, 0.3) is 0 Å². The molecule has 0 radical (unpaired) electrons. The molecule has 2 unspecified atom stereocenters. The predicted octanol–water partition coefficient (Wildman–Crippen LogP) is 3.62. The highest BCUT2D eigenvalue weighted by Crippen LogP contribution is 2.31. The molecule has 1 fully saturated rings. The molecule has 0 saturated carbocycles. The van der Waals surface area contributed by atoms with Crippen LogP contribution in [0.2, 0.25) is 0 Å². The fourth-order valence-electron chi connectivity index (χ4n) is 3.65. The van der Waals surface area contributed by atoms with Gasteiger partial charge in [0.25, 0.3) is 0 Å². The summed E-state index contributed by atoms with van der Waals surface area (Å²) < 4.78 is 16.9. The summed E-state index contributed by atoms with van der Waals surface area (Å²) in [5.74, 6) is 0.254. The van der Waals surface area contributed by atoms with Crippen LogP contribution in [0.4, 0.5) is 0 Å². The van der Waals surface area contributed by atoms with Crippen molar-refractivity contribution in [2.45, 2.75) is 40.9 Å². The van der Waals surface area contributed by atoms with Crippen molar-refractivity contribution >= 4 is 17.7 Å². The number of aliphatic carboxylic acids is 1. The van der Waals surface area contributed by atoms with Crippen LogP contribution in [0.15, 0.2) is 77.0 Å². The van der Waals surface area contributed by atoms with Gasteiger partial charge in [-0.1, -0.05) is 23.9 Å². The second-order valence-corrected chi connectivity index (χ2v) is 9.06. The lowest BCUT2D eigenvalue weighted by molar-refractivity contribution is -0.159. The molecule has 0 spiro atoms. The van der Waals surface area contributed by atoms with Crippen LogP contribution in [0.5, 0.6) is 11.5 Å². The van der Waals surface area contributed by atoms with Gasteiger partial charge in [0, 0.05) is 30.3 Å². The molecule has 1 aliphatic rings. The molecule has 9 heteroatoms. The fraction of sp³-hybridized carbons (Fsp3) is 0.320. The second kappa shape index (κ2) is 11.3. The molecule has 0 amide bonds. The maximum atomic E-state index is 11.7. The summed E-state index contributed by atoms with van der Waals surface area (Å²) in [6.07, 6.45) is 5.65. The molecular weight excluding hydrogens is 456 g/mol. The first-order valence-corrected chi connectivity index (χ1v) is 11.8. The van der Waals surface area contributed by atoms with Crippen molar-refractivity contribution in [3.8, 4) is 11.5 Å². The van der Waals surface area contributed by atoms with Gasteiger partial charge in [0.05, 0.1) is 6.20 Å².